The molecule has 0 amide bonds. The average molecular weight is 252 g/mol. The molecule has 1 aromatic rings. The zero-order valence-electron chi connectivity index (χ0n) is 9.76. The number of aliphatic hydroxyl groups is 1. The van der Waals surface area contributed by atoms with Gasteiger partial charge in [0.25, 0.3) is 0 Å². The van der Waals surface area contributed by atoms with Gasteiger partial charge in [-0.2, -0.15) is 0 Å². The van der Waals surface area contributed by atoms with Crippen molar-refractivity contribution >= 4 is 17.7 Å². The van der Waals surface area contributed by atoms with Crippen molar-refractivity contribution in [1.29, 1.82) is 0 Å². The third kappa shape index (κ3) is 2.82. The Morgan fingerprint density at radius 2 is 2.18 bits per heavy atom. The van der Waals surface area contributed by atoms with Gasteiger partial charge < -0.3 is 9.84 Å². The lowest BCUT2D eigenvalue weighted by molar-refractivity contribution is -0.150. The van der Waals surface area contributed by atoms with Gasteiger partial charge in [0.1, 0.15) is 0 Å². The first-order valence-corrected chi connectivity index (χ1v) is 6.62. The number of aliphatic hydroxyl groups excluding tert-OH is 1. The van der Waals surface area contributed by atoms with Crippen LogP contribution >= 0.6 is 11.8 Å². The summed E-state index contributed by atoms with van der Waals surface area (Å²) in [5.41, 5.74) is 0.649. The molecular formula is C13H16O3S. The van der Waals surface area contributed by atoms with Crippen molar-refractivity contribution in [1.82, 2.24) is 0 Å². The van der Waals surface area contributed by atoms with E-state index in [0.29, 0.717) is 10.8 Å². The van der Waals surface area contributed by atoms with Crippen molar-refractivity contribution in [2.24, 2.45) is 0 Å². The molecule has 17 heavy (non-hydrogen) atoms. The van der Waals surface area contributed by atoms with Crippen molar-refractivity contribution in [2.75, 3.05) is 7.11 Å². The number of methoxy groups -OCH3 is 1. The molecule has 1 fully saturated rings. The van der Waals surface area contributed by atoms with Crippen LogP contribution in [0.3, 0.4) is 0 Å². The highest BCUT2D eigenvalue weighted by Crippen LogP contribution is 2.39. The number of rotatable bonds is 4. The molecule has 1 N–H and O–H groups in total. The van der Waals surface area contributed by atoms with Crippen molar-refractivity contribution in [3.63, 3.8) is 0 Å². The van der Waals surface area contributed by atoms with Crippen LogP contribution in [0, 0.1) is 0 Å². The van der Waals surface area contributed by atoms with Gasteiger partial charge in [0.05, 0.1) is 7.11 Å². The Labute approximate surface area is 105 Å². The normalized spacial score (nSPS) is 17.3. The minimum absolute atomic E-state index is 0.605. The van der Waals surface area contributed by atoms with Crippen LogP contribution in [0.25, 0.3) is 0 Å². The van der Waals surface area contributed by atoms with E-state index in [2.05, 4.69) is 4.74 Å². The Bertz CT molecular complexity index is 401. The second-order valence-electron chi connectivity index (χ2n) is 4.13. The minimum Gasteiger partial charge on any atom is -0.467 e. The number of esters is 1. The lowest BCUT2D eigenvalue weighted by Gasteiger charge is -2.26. The maximum absolute atomic E-state index is 11.4. The van der Waals surface area contributed by atoms with Crippen molar-refractivity contribution in [3.8, 4) is 0 Å². The molecule has 92 valence electrons. The van der Waals surface area contributed by atoms with E-state index in [1.165, 1.54) is 26.4 Å². The van der Waals surface area contributed by atoms with E-state index < -0.39 is 12.1 Å². The second-order valence-corrected chi connectivity index (χ2v) is 5.48. The van der Waals surface area contributed by atoms with E-state index in [1.807, 2.05) is 18.2 Å². The molecule has 1 saturated carbocycles. The minimum atomic E-state index is -1.18. The van der Waals surface area contributed by atoms with Gasteiger partial charge in [-0.1, -0.05) is 24.6 Å². The third-order valence-corrected chi connectivity index (χ3v) is 4.41. The number of benzene rings is 1. The molecule has 0 radical (unpaired) electrons. The molecule has 0 bridgehead atoms. The summed E-state index contributed by atoms with van der Waals surface area (Å²) < 4.78 is 4.57. The zero-order chi connectivity index (χ0) is 12.3. The van der Waals surface area contributed by atoms with E-state index in [4.69, 9.17) is 0 Å². The van der Waals surface area contributed by atoms with E-state index in [9.17, 15) is 9.90 Å². The average Bonchev–Trinajstić information content (AvgIpc) is 2.32. The van der Waals surface area contributed by atoms with Gasteiger partial charge >= 0.3 is 5.97 Å². The molecule has 3 nitrogen and oxygen atoms in total. The fraction of sp³-hybridized carbons (Fsp3) is 0.462. The van der Waals surface area contributed by atoms with E-state index >= 15 is 0 Å². The quantitative estimate of drug-likeness (QED) is 0.836. The summed E-state index contributed by atoms with van der Waals surface area (Å²) in [6, 6.07) is 7.48. The molecule has 1 aliphatic carbocycles. The molecule has 2 rings (SSSR count). The molecule has 4 heteroatoms. The second kappa shape index (κ2) is 5.56. The van der Waals surface area contributed by atoms with Gasteiger partial charge in [0.15, 0.2) is 6.10 Å². The summed E-state index contributed by atoms with van der Waals surface area (Å²) in [7, 11) is 1.28. The third-order valence-electron chi connectivity index (χ3n) is 2.98. The molecule has 0 spiro atoms. The highest BCUT2D eigenvalue weighted by Gasteiger charge is 2.24. The number of hydrogen-bond donors (Lipinski definition) is 1. The molecular weight excluding hydrogens is 236 g/mol. The standard InChI is InChI=1S/C13H16O3S/c1-16-13(15)12(14)10-7-2-3-8-11(10)17-9-5-4-6-9/h2-3,7-9,12,14H,4-6H2,1H3. The summed E-state index contributed by atoms with van der Waals surface area (Å²) in [6.45, 7) is 0. The summed E-state index contributed by atoms with van der Waals surface area (Å²) in [5, 5.41) is 10.5. The first-order chi connectivity index (χ1) is 8.22. The lowest BCUT2D eigenvalue weighted by atomic mass is 10.00. The van der Waals surface area contributed by atoms with Gasteiger partial charge in [0.2, 0.25) is 0 Å². The largest absolute Gasteiger partial charge is 0.467 e. The van der Waals surface area contributed by atoms with Crippen LogP contribution in [-0.4, -0.2) is 23.4 Å². The predicted octanol–water partition coefficient (Wildman–Crippen LogP) is 2.54. The molecule has 1 atom stereocenters. The Balaban J connectivity index is 2.16. The number of carbonyl (C=O) groups excluding carboxylic acids is 1. The van der Waals surface area contributed by atoms with Crippen LogP contribution in [0.1, 0.15) is 30.9 Å². The first-order valence-electron chi connectivity index (χ1n) is 5.74. The molecule has 1 aromatic carbocycles. The monoisotopic (exact) mass is 252 g/mol. The van der Waals surface area contributed by atoms with Crippen LogP contribution in [-0.2, 0) is 9.53 Å². The van der Waals surface area contributed by atoms with Gasteiger partial charge in [-0.3, -0.25) is 0 Å². The van der Waals surface area contributed by atoms with E-state index in [-0.39, 0.29) is 0 Å². The smallest absolute Gasteiger partial charge is 0.339 e. The fourth-order valence-corrected chi connectivity index (χ4v) is 3.12. The highest BCUT2D eigenvalue weighted by molar-refractivity contribution is 8.00. The highest BCUT2D eigenvalue weighted by atomic mass is 32.2. The SMILES string of the molecule is COC(=O)C(O)c1ccccc1SC1CCC1. The van der Waals surface area contributed by atoms with Crippen LogP contribution in [0.4, 0.5) is 0 Å². The molecule has 0 aromatic heterocycles. The summed E-state index contributed by atoms with van der Waals surface area (Å²) >= 11 is 1.75. The summed E-state index contributed by atoms with van der Waals surface area (Å²) in [4.78, 5) is 12.3. The molecule has 0 heterocycles. The van der Waals surface area contributed by atoms with Crippen molar-refractivity contribution < 1.29 is 14.6 Å². The van der Waals surface area contributed by atoms with E-state index in [1.54, 1.807) is 17.8 Å². The molecule has 0 aliphatic heterocycles. The Morgan fingerprint density at radius 3 is 2.76 bits per heavy atom. The van der Waals surface area contributed by atoms with Crippen LogP contribution < -0.4 is 0 Å². The predicted molar refractivity (Wildman–Crippen MR) is 66.9 cm³/mol. The number of ether oxygens (including phenoxy) is 1. The molecule has 1 aliphatic rings. The van der Waals surface area contributed by atoms with Gasteiger partial charge in [-0.05, 0) is 18.9 Å². The lowest BCUT2D eigenvalue weighted by Crippen LogP contribution is -2.16. The number of carbonyl (C=O) groups is 1. The van der Waals surface area contributed by atoms with Crippen molar-refractivity contribution in [2.45, 2.75) is 35.5 Å². The Morgan fingerprint density at radius 1 is 1.47 bits per heavy atom. The summed E-state index contributed by atoms with van der Waals surface area (Å²) in [6.07, 6.45) is 2.53. The van der Waals surface area contributed by atoms with Gasteiger partial charge in [-0.15, -0.1) is 11.8 Å². The number of hydrogen-bond acceptors (Lipinski definition) is 4. The number of thioether (sulfide) groups is 1. The topological polar surface area (TPSA) is 46.5 Å². The van der Waals surface area contributed by atoms with E-state index in [0.717, 1.165) is 4.90 Å². The van der Waals surface area contributed by atoms with Gasteiger partial charge in [0, 0.05) is 15.7 Å². The summed E-state index contributed by atoms with van der Waals surface area (Å²) in [5.74, 6) is -0.605. The van der Waals surface area contributed by atoms with Crippen LogP contribution in [0.5, 0.6) is 0 Å². The van der Waals surface area contributed by atoms with Crippen LogP contribution in [0.15, 0.2) is 29.2 Å². The first kappa shape index (κ1) is 12.5. The van der Waals surface area contributed by atoms with Crippen molar-refractivity contribution in [3.05, 3.63) is 29.8 Å². The Hall–Kier alpha value is -1.00. The molecule has 0 saturated heterocycles. The fourth-order valence-electron chi connectivity index (χ4n) is 1.72. The maximum Gasteiger partial charge on any atom is 0.339 e. The molecule has 1 unspecified atom stereocenters. The Kier molecular flexibility index (Phi) is 4.07. The van der Waals surface area contributed by atoms with Gasteiger partial charge in [-0.25, -0.2) is 4.79 Å². The maximum atomic E-state index is 11.4. The zero-order valence-corrected chi connectivity index (χ0v) is 10.6. The van der Waals surface area contributed by atoms with Crippen LogP contribution in [0.2, 0.25) is 0 Å².